The van der Waals surface area contributed by atoms with Crippen LogP contribution in [0.3, 0.4) is 0 Å². The maximum atomic E-state index is 12.2. The van der Waals surface area contributed by atoms with Crippen molar-refractivity contribution in [3.63, 3.8) is 0 Å². The first-order valence-electron chi connectivity index (χ1n) is 9.51. The summed E-state index contributed by atoms with van der Waals surface area (Å²) in [4.78, 5) is 25.7. The molecule has 0 fully saturated rings. The van der Waals surface area contributed by atoms with Crippen LogP contribution in [0, 0.1) is 0 Å². The summed E-state index contributed by atoms with van der Waals surface area (Å²) < 4.78 is 15.7. The molecule has 0 aliphatic carbocycles. The Kier molecular flexibility index (Phi) is 8.75. The van der Waals surface area contributed by atoms with Crippen LogP contribution < -0.4 is 19.5 Å². The molecule has 2 rings (SSSR count). The monoisotopic (exact) mass is 412 g/mol. The number of amides is 2. The van der Waals surface area contributed by atoms with Gasteiger partial charge in [0.05, 0.1) is 27.9 Å². The summed E-state index contributed by atoms with van der Waals surface area (Å²) in [5, 5.41) is 2.83. The molecule has 2 aromatic rings. The largest absolute Gasteiger partial charge is 0.497 e. The van der Waals surface area contributed by atoms with E-state index < -0.39 is 0 Å². The molecule has 1 N–H and O–H groups in total. The Morgan fingerprint density at radius 2 is 1.77 bits per heavy atom. The number of carbonyl (C=O) groups excluding carboxylic acids is 2. The molecule has 2 amide bonds. The van der Waals surface area contributed by atoms with Gasteiger partial charge >= 0.3 is 0 Å². The molecule has 7 heteroatoms. The summed E-state index contributed by atoms with van der Waals surface area (Å²) in [5.41, 5.74) is 1.86. The summed E-state index contributed by atoms with van der Waals surface area (Å²) in [7, 11) is 6.35. The molecule has 0 heterocycles. The van der Waals surface area contributed by atoms with Gasteiger partial charge in [0, 0.05) is 19.7 Å². The first-order valence-corrected chi connectivity index (χ1v) is 9.51. The van der Waals surface area contributed by atoms with E-state index >= 15 is 0 Å². The van der Waals surface area contributed by atoms with Gasteiger partial charge in [-0.1, -0.05) is 18.2 Å². The molecule has 2 aromatic carbocycles. The predicted octanol–water partition coefficient (Wildman–Crippen LogP) is 2.54. The van der Waals surface area contributed by atoms with Gasteiger partial charge in [0.15, 0.2) is 11.5 Å². The molecule has 0 atom stereocenters. The second kappa shape index (κ2) is 11.5. The lowest BCUT2D eigenvalue weighted by Crippen LogP contribution is -2.38. The summed E-state index contributed by atoms with van der Waals surface area (Å²) in [5.74, 6) is 1.54. The van der Waals surface area contributed by atoms with E-state index in [-0.39, 0.29) is 18.4 Å². The number of hydrogen-bond donors (Lipinski definition) is 1. The second-order valence-electron chi connectivity index (χ2n) is 6.59. The van der Waals surface area contributed by atoms with Crippen molar-refractivity contribution in [1.82, 2.24) is 10.2 Å². The van der Waals surface area contributed by atoms with Gasteiger partial charge in [-0.25, -0.2) is 0 Å². The number of ether oxygens (including phenoxy) is 3. The third kappa shape index (κ3) is 6.84. The van der Waals surface area contributed by atoms with Crippen molar-refractivity contribution < 1.29 is 23.8 Å². The summed E-state index contributed by atoms with van der Waals surface area (Å²) in [6.45, 7) is 0.434. The van der Waals surface area contributed by atoms with Gasteiger partial charge in [-0.3, -0.25) is 9.59 Å². The van der Waals surface area contributed by atoms with Crippen molar-refractivity contribution in [1.29, 1.82) is 0 Å². The molecule has 0 spiro atoms. The average Bonchev–Trinajstić information content (AvgIpc) is 2.77. The molecule has 0 radical (unpaired) electrons. The molecular formula is C23H28N2O5. The normalized spacial score (nSPS) is 10.5. The minimum atomic E-state index is -0.257. The van der Waals surface area contributed by atoms with Crippen LogP contribution >= 0.6 is 0 Å². The number of nitrogens with one attached hydrogen (secondary N) is 1. The van der Waals surface area contributed by atoms with Crippen molar-refractivity contribution in [2.45, 2.75) is 6.42 Å². The standard InChI is InChI=1S/C23H28N2O5/c1-25(23(27)11-9-17-6-5-7-19(14-17)28-2)16-22(26)24-13-12-18-8-10-20(29-3)21(15-18)30-4/h5-11,14-15H,12-13,16H2,1-4H3,(H,24,26)/b11-9+. The zero-order chi connectivity index (χ0) is 21.9. The summed E-state index contributed by atoms with van der Waals surface area (Å²) >= 11 is 0. The third-order valence-corrected chi connectivity index (χ3v) is 4.45. The highest BCUT2D eigenvalue weighted by atomic mass is 16.5. The molecule has 0 aliphatic rings. The van der Waals surface area contributed by atoms with E-state index in [0.717, 1.165) is 11.1 Å². The van der Waals surface area contributed by atoms with E-state index in [1.807, 2.05) is 42.5 Å². The lowest BCUT2D eigenvalue weighted by atomic mass is 10.1. The van der Waals surface area contributed by atoms with Gasteiger partial charge in [0.25, 0.3) is 0 Å². The maximum Gasteiger partial charge on any atom is 0.246 e. The lowest BCUT2D eigenvalue weighted by molar-refractivity contribution is -0.131. The van der Waals surface area contributed by atoms with Gasteiger partial charge in [-0.2, -0.15) is 0 Å². The molecule has 7 nitrogen and oxygen atoms in total. The second-order valence-corrected chi connectivity index (χ2v) is 6.59. The summed E-state index contributed by atoms with van der Waals surface area (Å²) in [6, 6.07) is 13.0. The fraction of sp³-hybridized carbons (Fsp3) is 0.304. The first kappa shape index (κ1) is 22.8. The Balaban J connectivity index is 1.79. The van der Waals surface area contributed by atoms with E-state index in [4.69, 9.17) is 14.2 Å². The van der Waals surface area contributed by atoms with Crippen LogP contribution in [-0.4, -0.2) is 58.2 Å². The van der Waals surface area contributed by atoms with Gasteiger partial charge in [0.1, 0.15) is 5.75 Å². The average molecular weight is 412 g/mol. The van der Waals surface area contributed by atoms with Crippen molar-refractivity contribution in [3.8, 4) is 17.2 Å². The molecule has 0 unspecified atom stereocenters. The van der Waals surface area contributed by atoms with E-state index in [1.165, 1.54) is 11.0 Å². The number of rotatable bonds is 10. The Bertz CT molecular complexity index is 895. The lowest BCUT2D eigenvalue weighted by Gasteiger charge is -2.15. The van der Waals surface area contributed by atoms with Crippen LogP contribution in [0.5, 0.6) is 17.2 Å². The number of benzene rings is 2. The SMILES string of the molecule is COc1cccc(/C=C/C(=O)N(C)CC(=O)NCCc2ccc(OC)c(OC)c2)c1. The van der Waals surface area contributed by atoms with Gasteiger partial charge in [-0.15, -0.1) is 0 Å². The van der Waals surface area contributed by atoms with Crippen LogP contribution in [0.15, 0.2) is 48.5 Å². The number of likely N-dealkylation sites (N-methyl/N-ethyl adjacent to an activating group) is 1. The highest BCUT2D eigenvalue weighted by Gasteiger charge is 2.11. The minimum Gasteiger partial charge on any atom is -0.497 e. The van der Waals surface area contributed by atoms with Crippen LogP contribution in [0.4, 0.5) is 0 Å². The number of nitrogens with zero attached hydrogens (tertiary/aromatic N) is 1. The molecule has 0 aromatic heterocycles. The zero-order valence-corrected chi connectivity index (χ0v) is 17.8. The molecule has 30 heavy (non-hydrogen) atoms. The first-order chi connectivity index (χ1) is 14.5. The Morgan fingerprint density at radius 1 is 1.00 bits per heavy atom. The molecule has 0 bridgehead atoms. The zero-order valence-electron chi connectivity index (χ0n) is 17.8. The number of hydrogen-bond acceptors (Lipinski definition) is 5. The van der Waals surface area contributed by atoms with Gasteiger partial charge in [0.2, 0.25) is 11.8 Å². The minimum absolute atomic E-state index is 0.0206. The third-order valence-electron chi connectivity index (χ3n) is 4.45. The highest BCUT2D eigenvalue weighted by molar-refractivity contribution is 5.94. The van der Waals surface area contributed by atoms with Crippen molar-refractivity contribution in [2.75, 3.05) is 41.5 Å². The highest BCUT2D eigenvalue weighted by Crippen LogP contribution is 2.27. The molecule has 160 valence electrons. The predicted molar refractivity (Wildman–Crippen MR) is 116 cm³/mol. The maximum absolute atomic E-state index is 12.2. The van der Waals surface area contributed by atoms with Gasteiger partial charge in [-0.05, 0) is 47.9 Å². The Labute approximate surface area is 177 Å². The number of carbonyl (C=O) groups is 2. The van der Waals surface area contributed by atoms with E-state index in [0.29, 0.717) is 30.2 Å². The van der Waals surface area contributed by atoms with Crippen LogP contribution in [0.25, 0.3) is 6.08 Å². The van der Waals surface area contributed by atoms with Crippen molar-refractivity contribution >= 4 is 17.9 Å². The Morgan fingerprint density at radius 3 is 2.47 bits per heavy atom. The quantitative estimate of drug-likeness (QED) is 0.607. The molecule has 0 aliphatic heterocycles. The fourth-order valence-electron chi connectivity index (χ4n) is 2.77. The Hall–Kier alpha value is -3.48. The van der Waals surface area contributed by atoms with Crippen molar-refractivity contribution in [2.24, 2.45) is 0 Å². The van der Waals surface area contributed by atoms with E-state index in [9.17, 15) is 9.59 Å². The molecule has 0 saturated carbocycles. The topological polar surface area (TPSA) is 77.1 Å². The van der Waals surface area contributed by atoms with E-state index in [2.05, 4.69) is 5.32 Å². The van der Waals surface area contributed by atoms with E-state index in [1.54, 1.807) is 34.5 Å². The molecule has 0 saturated heterocycles. The number of methoxy groups -OCH3 is 3. The van der Waals surface area contributed by atoms with Crippen LogP contribution in [0.1, 0.15) is 11.1 Å². The van der Waals surface area contributed by atoms with Crippen molar-refractivity contribution in [3.05, 3.63) is 59.7 Å². The fourth-order valence-corrected chi connectivity index (χ4v) is 2.77. The molecular weight excluding hydrogens is 384 g/mol. The summed E-state index contributed by atoms with van der Waals surface area (Å²) in [6.07, 6.45) is 3.77. The van der Waals surface area contributed by atoms with Crippen LogP contribution in [0.2, 0.25) is 0 Å². The van der Waals surface area contributed by atoms with Gasteiger partial charge < -0.3 is 24.4 Å². The smallest absolute Gasteiger partial charge is 0.246 e. The van der Waals surface area contributed by atoms with Crippen LogP contribution in [-0.2, 0) is 16.0 Å².